The summed E-state index contributed by atoms with van der Waals surface area (Å²) < 4.78 is 43.0. The van der Waals surface area contributed by atoms with Crippen molar-refractivity contribution in [1.82, 2.24) is 20.2 Å². The predicted octanol–water partition coefficient (Wildman–Crippen LogP) is 2.12. The number of sulfone groups is 2. The van der Waals surface area contributed by atoms with Gasteiger partial charge in [0.05, 0.1) is 23.6 Å². The van der Waals surface area contributed by atoms with Gasteiger partial charge in [-0.2, -0.15) is 0 Å². The number of hydrogen-bond donors (Lipinski definition) is 3. The van der Waals surface area contributed by atoms with Crippen LogP contribution < -0.4 is 11.1 Å². The molecule has 240 valence electrons. The number of carbonyl (C=O) groups excluding carboxylic acids is 3. The molecule has 0 aliphatic carbocycles. The zero-order valence-corrected chi connectivity index (χ0v) is 26.4. The SMILES string of the molecule is C.CC(C)Cc1cnc[nH]1.CC(N)CCS(C)(=O)=O.CC1CC(=O)NC(=O)C1.CCCC(=O)N1CCS(=O)(=O)CC1. The Bertz CT molecular complexity index is 1070. The Hall–Kier alpha value is -2.32. The van der Waals surface area contributed by atoms with Crippen LogP contribution in [0.15, 0.2) is 12.5 Å². The molecule has 0 spiro atoms. The first-order valence-electron chi connectivity index (χ1n) is 13.7. The molecule has 3 heterocycles. The van der Waals surface area contributed by atoms with E-state index in [9.17, 15) is 31.2 Å². The molecule has 1 aromatic heterocycles. The van der Waals surface area contributed by atoms with E-state index in [1.54, 1.807) is 18.2 Å². The Morgan fingerprint density at radius 1 is 1.15 bits per heavy atom. The van der Waals surface area contributed by atoms with Crippen LogP contribution in [0.2, 0.25) is 0 Å². The van der Waals surface area contributed by atoms with Crippen molar-refractivity contribution < 1.29 is 31.2 Å². The number of nitrogens with zero attached hydrogens (tertiary/aromatic N) is 2. The third-order valence-corrected chi connectivity index (χ3v) is 8.22. The summed E-state index contributed by atoms with van der Waals surface area (Å²) in [7, 11) is -5.66. The second-order valence-corrected chi connectivity index (χ2v) is 15.4. The average molecular weight is 624 g/mol. The molecule has 41 heavy (non-hydrogen) atoms. The van der Waals surface area contributed by atoms with Crippen LogP contribution >= 0.6 is 0 Å². The van der Waals surface area contributed by atoms with E-state index in [1.807, 2.05) is 20.0 Å². The minimum absolute atomic E-state index is 0. The Labute approximate surface area is 247 Å². The van der Waals surface area contributed by atoms with Crippen LogP contribution in [0.25, 0.3) is 0 Å². The minimum atomic E-state index is -2.86. The Kier molecular flexibility index (Phi) is 20.4. The Morgan fingerprint density at radius 3 is 2.02 bits per heavy atom. The van der Waals surface area contributed by atoms with Crippen molar-refractivity contribution in [2.24, 2.45) is 17.6 Å². The summed E-state index contributed by atoms with van der Waals surface area (Å²) in [6.07, 6.45) is 8.80. The summed E-state index contributed by atoms with van der Waals surface area (Å²) in [4.78, 5) is 41.1. The van der Waals surface area contributed by atoms with Crippen molar-refractivity contribution in [3.8, 4) is 0 Å². The van der Waals surface area contributed by atoms with Gasteiger partial charge in [-0.15, -0.1) is 0 Å². The smallest absolute Gasteiger partial charge is 0.226 e. The molecule has 1 atom stereocenters. The number of H-pyrrole nitrogens is 1. The lowest BCUT2D eigenvalue weighted by molar-refractivity contribution is -0.134. The molecule has 2 aliphatic rings. The monoisotopic (exact) mass is 623 g/mol. The Balaban J connectivity index is 0. The number of carbonyl (C=O) groups is 3. The minimum Gasteiger partial charge on any atom is -0.348 e. The highest BCUT2D eigenvalue weighted by Gasteiger charge is 2.24. The highest BCUT2D eigenvalue weighted by atomic mass is 32.2. The van der Waals surface area contributed by atoms with Crippen LogP contribution in [-0.4, -0.2) is 92.1 Å². The molecular weight excluding hydrogens is 570 g/mol. The van der Waals surface area contributed by atoms with Crippen LogP contribution in [0.4, 0.5) is 0 Å². The first kappa shape index (κ1) is 40.8. The third kappa shape index (κ3) is 23.0. The van der Waals surface area contributed by atoms with Crippen LogP contribution in [0, 0.1) is 11.8 Å². The van der Waals surface area contributed by atoms with Gasteiger partial charge in [0.25, 0.3) is 0 Å². The first-order valence-corrected chi connectivity index (χ1v) is 17.5. The van der Waals surface area contributed by atoms with Crippen LogP contribution in [0.5, 0.6) is 0 Å². The van der Waals surface area contributed by atoms with Gasteiger partial charge in [0, 0.05) is 56.5 Å². The number of imidazole rings is 1. The molecule has 0 bridgehead atoms. The zero-order valence-electron chi connectivity index (χ0n) is 24.8. The molecule has 14 heteroatoms. The number of imide groups is 1. The zero-order chi connectivity index (χ0) is 30.9. The highest BCUT2D eigenvalue weighted by Crippen LogP contribution is 2.11. The molecule has 3 rings (SSSR count). The first-order chi connectivity index (χ1) is 18.4. The molecule has 12 nitrogen and oxygen atoms in total. The molecule has 0 radical (unpaired) electrons. The molecule has 4 N–H and O–H groups in total. The molecule has 2 aliphatic heterocycles. The summed E-state index contributed by atoms with van der Waals surface area (Å²) >= 11 is 0. The molecule has 0 aromatic carbocycles. The number of rotatable bonds is 7. The topological polar surface area (TPSA) is 189 Å². The van der Waals surface area contributed by atoms with Gasteiger partial charge in [0.2, 0.25) is 17.7 Å². The van der Waals surface area contributed by atoms with Gasteiger partial charge in [0.15, 0.2) is 9.84 Å². The number of aromatic nitrogens is 2. The quantitative estimate of drug-likeness (QED) is 0.382. The van der Waals surface area contributed by atoms with Crippen LogP contribution in [0.3, 0.4) is 0 Å². The Morgan fingerprint density at radius 2 is 1.68 bits per heavy atom. The van der Waals surface area contributed by atoms with Gasteiger partial charge in [-0.25, -0.2) is 21.8 Å². The molecule has 2 saturated heterocycles. The second kappa shape index (κ2) is 20.5. The van der Waals surface area contributed by atoms with Gasteiger partial charge < -0.3 is 15.6 Å². The fourth-order valence-corrected chi connectivity index (χ4v) is 5.53. The van der Waals surface area contributed by atoms with E-state index in [2.05, 4.69) is 29.1 Å². The van der Waals surface area contributed by atoms with E-state index in [0.29, 0.717) is 44.7 Å². The van der Waals surface area contributed by atoms with Crippen molar-refractivity contribution in [2.45, 2.75) is 86.6 Å². The second-order valence-electron chi connectivity index (χ2n) is 10.8. The summed E-state index contributed by atoms with van der Waals surface area (Å²) in [6, 6.07) is -0.0141. The lowest BCUT2D eigenvalue weighted by Crippen LogP contribution is -2.43. The number of piperidine rings is 1. The molecule has 2 fully saturated rings. The molecule has 1 aromatic rings. The standard InChI is InChI=1S/C8H15NO3S.C7H12N2.C6H9NO2.C5H13NO2S.CH4/c1-2-3-8(10)9-4-6-13(11,12)7-5-9;1-6(2)3-7-4-8-5-9-7;1-4-2-5(8)7-6(9)3-4;1-5(6)3-4-9(2,7)8;/h2-7H2,1H3;4-6H,3H2,1-2H3,(H,8,9);4H,2-3H2,1H3,(H,7,8,9);5H,3-4,6H2,1-2H3;1H4. The van der Waals surface area contributed by atoms with E-state index in [4.69, 9.17) is 5.73 Å². The molecular formula is C27H53N5O7S2. The van der Waals surface area contributed by atoms with E-state index >= 15 is 0 Å². The molecule has 3 amide bonds. The average Bonchev–Trinajstić information content (AvgIpc) is 3.30. The number of nitrogens with one attached hydrogen (secondary N) is 2. The van der Waals surface area contributed by atoms with E-state index < -0.39 is 19.7 Å². The maximum absolute atomic E-state index is 11.3. The summed E-state index contributed by atoms with van der Waals surface area (Å²) in [5.41, 5.74) is 6.56. The van der Waals surface area contributed by atoms with Crippen molar-refractivity contribution in [2.75, 3.05) is 36.6 Å². The van der Waals surface area contributed by atoms with Crippen molar-refractivity contribution >= 4 is 37.4 Å². The van der Waals surface area contributed by atoms with Crippen LogP contribution in [-0.2, 0) is 40.5 Å². The fourth-order valence-electron chi connectivity index (χ4n) is 3.53. The van der Waals surface area contributed by atoms with Crippen molar-refractivity contribution in [1.29, 1.82) is 0 Å². The number of aromatic amines is 1. The summed E-state index contributed by atoms with van der Waals surface area (Å²) in [5.74, 6) is 1.20. The van der Waals surface area contributed by atoms with E-state index in [1.165, 1.54) is 11.9 Å². The normalized spacial score (nSPS) is 17.3. The number of nitrogens with two attached hydrogens (primary N) is 1. The number of amides is 3. The third-order valence-electron chi connectivity index (χ3n) is 5.63. The predicted molar refractivity (Wildman–Crippen MR) is 164 cm³/mol. The molecule has 1 unspecified atom stereocenters. The maximum atomic E-state index is 11.3. The lowest BCUT2D eigenvalue weighted by Gasteiger charge is -2.26. The summed E-state index contributed by atoms with van der Waals surface area (Å²) in [6.45, 7) is 10.8. The van der Waals surface area contributed by atoms with Crippen molar-refractivity contribution in [3.05, 3.63) is 18.2 Å². The summed E-state index contributed by atoms with van der Waals surface area (Å²) in [5, 5.41) is 2.23. The van der Waals surface area contributed by atoms with Gasteiger partial charge in [-0.3, -0.25) is 19.7 Å². The molecule has 0 saturated carbocycles. The van der Waals surface area contributed by atoms with Gasteiger partial charge in [-0.1, -0.05) is 35.1 Å². The van der Waals surface area contributed by atoms with E-state index in [-0.39, 0.29) is 54.4 Å². The van der Waals surface area contributed by atoms with Crippen molar-refractivity contribution in [3.63, 3.8) is 0 Å². The largest absolute Gasteiger partial charge is 0.348 e. The lowest BCUT2D eigenvalue weighted by atomic mass is 10.00. The van der Waals surface area contributed by atoms with Gasteiger partial charge >= 0.3 is 0 Å². The maximum Gasteiger partial charge on any atom is 0.226 e. The highest BCUT2D eigenvalue weighted by molar-refractivity contribution is 7.91. The van der Waals surface area contributed by atoms with Gasteiger partial charge in [-0.05, 0) is 38.0 Å². The number of hydrogen-bond acceptors (Lipinski definition) is 9. The van der Waals surface area contributed by atoms with Gasteiger partial charge in [0.1, 0.15) is 9.84 Å². The van der Waals surface area contributed by atoms with Crippen LogP contribution in [0.1, 0.15) is 79.8 Å². The van der Waals surface area contributed by atoms with E-state index in [0.717, 1.165) is 12.8 Å². The fraction of sp³-hybridized carbons (Fsp3) is 0.778.